The summed E-state index contributed by atoms with van der Waals surface area (Å²) in [5.74, 6) is 0.172. The molecule has 0 radical (unpaired) electrons. The second-order valence-corrected chi connectivity index (χ2v) is 5.05. The highest BCUT2D eigenvalue weighted by Gasteiger charge is 2.22. The standard InChI is InChI=1S/C8H19O4P/c1-5-8(6-11-3)7(2)12-13(4,9)10/h7-8H,5-6H2,1-4H3,(H,9,10)/t7-,8-/m0/s1. The zero-order valence-corrected chi connectivity index (χ0v) is 9.58. The van der Waals surface area contributed by atoms with Gasteiger partial charge < -0.3 is 14.2 Å². The van der Waals surface area contributed by atoms with Crippen molar-refractivity contribution >= 4 is 7.60 Å². The first-order valence-electron chi connectivity index (χ1n) is 4.38. The van der Waals surface area contributed by atoms with Crippen LogP contribution in [0.2, 0.25) is 0 Å². The molecular weight excluding hydrogens is 191 g/mol. The quantitative estimate of drug-likeness (QED) is 0.680. The van der Waals surface area contributed by atoms with Crippen LogP contribution in [0, 0.1) is 5.92 Å². The third kappa shape index (κ3) is 6.22. The van der Waals surface area contributed by atoms with Gasteiger partial charge >= 0.3 is 7.60 Å². The van der Waals surface area contributed by atoms with Crippen LogP contribution in [-0.4, -0.2) is 31.4 Å². The largest absolute Gasteiger partial charge is 0.384 e. The van der Waals surface area contributed by atoms with E-state index < -0.39 is 7.60 Å². The molecule has 1 N–H and O–H groups in total. The van der Waals surface area contributed by atoms with Crippen molar-refractivity contribution in [1.82, 2.24) is 0 Å². The van der Waals surface area contributed by atoms with Gasteiger partial charge in [-0.25, -0.2) is 0 Å². The van der Waals surface area contributed by atoms with Crippen LogP contribution in [0.1, 0.15) is 20.3 Å². The highest BCUT2D eigenvalue weighted by atomic mass is 31.2. The maximum atomic E-state index is 10.9. The average Bonchev–Trinajstić information content (AvgIpc) is 1.96. The second-order valence-electron chi connectivity index (χ2n) is 3.24. The van der Waals surface area contributed by atoms with Gasteiger partial charge in [-0.15, -0.1) is 0 Å². The zero-order valence-electron chi connectivity index (χ0n) is 8.69. The predicted octanol–water partition coefficient (Wildman–Crippen LogP) is 1.88. The van der Waals surface area contributed by atoms with Crippen molar-refractivity contribution in [2.75, 3.05) is 20.4 Å². The van der Waals surface area contributed by atoms with Crippen LogP contribution >= 0.6 is 7.60 Å². The number of ether oxygens (including phenoxy) is 1. The minimum absolute atomic E-state index is 0.172. The monoisotopic (exact) mass is 210 g/mol. The first-order chi connectivity index (χ1) is 5.90. The first-order valence-corrected chi connectivity index (χ1v) is 6.40. The van der Waals surface area contributed by atoms with Crippen molar-refractivity contribution in [3.05, 3.63) is 0 Å². The van der Waals surface area contributed by atoms with Crippen molar-refractivity contribution in [2.45, 2.75) is 26.4 Å². The maximum Gasteiger partial charge on any atom is 0.325 e. The minimum atomic E-state index is -3.37. The number of rotatable bonds is 6. The molecule has 3 atom stereocenters. The maximum absolute atomic E-state index is 10.9. The summed E-state index contributed by atoms with van der Waals surface area (Å²) in [7, 11) is -1.76. The fraction of sp³-hybridized carbons (Fsp3) is 1.00. The molecule has 0 aliphatic heterocycles. The molecule has 13 heavy (non-hydrogen) atoms. The van der Waals surface area contributed by atoms with Crippen molar-refractivity contribution in [2.24, 2.45) is 5.92 Å². The Bertz CT molecular complexity index is 177. The lowest BCUT2D eigenvalue weighted by atomic mass is 10.0. The van der Waals surface area contributed by atoms with E-state index in [1.807, 2.05) is 6.92 Å². The molecule has 0 bridgehead atoms. The molecule has 0 saturated heterocycles. The summed E-state index contributed by atoms with van der Waals surface area (Å²) in [5, 5.41) is 0. The molecule has 0 fully saturated rings. The van der Waals surface area contributed by atoms with Gasteiger partial charge in [0.15, 0.2) is 0 Å². The van der Waals surface area contributed by atoms with E-state index in [2.05, 4.69) is 0 Å². The third-order valence-corrected chi connectivity index (χ3v) is 2.65. The van der Waals surface area contributed by atoms with E-state index in [1.165, 1.54) is 6.66 Å². The van der Waals surface area contributed by atoms with Gasteiger partial charge in [0.1, 0.15) is 0 Å². The molecule has 0 aromatic rings. The summed E-state index contributed by atoms with van der Waals surface area (Å²) in [6.07, 6.45) is 0.625. The minimum Gasteiger partial charge on any atom is -0.384 e. The predicted molar refractivity (Wildman–Crippen MR) is 52.0 cm³/mol. The zero-order chi connectivity index (χ0) is 10.5. The van der Waals surface area contributed by atoms with Gasteiger partial charge in [0.2, 0.25) is 0 Å². The summed E-state index contributed by atoms with van der Waals surface area (Å²) >= 11 is 0. The smallest absolute Gasteiger partial charge is 0.325 e. The normalized spacial score (nSPS) is 20.7. The lowest BCUT2D eigenvalue weighted by Gasteiger charge is -2.23. The van der Waals surface area contributed by atoms with Gasteiger partial charge in [-0.2, -0.15) is 0 Å². The molecule has 4 nitrogen and oxygen atoms in total. The molecule has 0 amide bonds. The van der Waals surface area contributed by atoms with E-state index in [-0.39, 0.29) is 12.0 Å². The van der Waals surface area contributed by atoms with Gasteiger partial charge in [-0.05, 0) is 13.3 Å². The van der Waals surface area contributed by atoms with Crippen molar-refractivity contribution in [3.8, 4) is 0 Å². The van der Waals surface area contributed by atoms with Crippen LogP contribution in [-0.2, 0) is 13.8 Å². The van der Waals surface area contributed by atoms with E-state index in [4.69, 9.17) is 14.2 Å². The molecule has 0 aromatic carbocycles. The SMILES string of the molecule is CC[C@@H](COC)[C@H](C)OP(C)(=O)O. The molecule has 0 aliphatic carbocycles. The van der Waals surface area contributed by atoms with Crippen LogP contribution < -0.4 is 0 Å². The molecule has 0 heterocycles. The Morgan fingerprint density at radius 2 is 2.08 bits per heavy atom. The van der Waals surface area contributed by atoms with Crippen LogP contribution in [0.3, 0.4) is 0 Å². The van der Waals surface area contributed by atoms with Gasteiger partial charge in [0, 0.05) is 19.7 Å². The Morgan fingerprint density at radius 3 is 2.38 bits per heavy atom. The van der Waals surface area contributed by atoms with Crippen LogP contribution in [0.4, 0.5) is 0 Å². The van der Waals surface area contributed by atoms with E-state index in [0.29, 0.717) is 6.61 Å². The fourth-order valence-corrected chi connectivity index (χ4v) is 1.98. The van der Waals surface area contributed by atoms with Crippen molar-refractivity contribution < 1.29 is 18.7 Å². The lowest BCUT2D eigenvalue weighted by Crippen LogP contribution is -2.23. The molecule has 80 valence electrons. The summed E-state index contributed by atoms with van der Waals surface area (Å²) in [6, 6.07) is 0. The van der Waals surface area contributed by atoms with E-state index >= 15 is 0 Å². The number of hydrogen-bond donors (Lipinski definition) is 1. The van der Waals surface area contributed by atoms with Crippen molar-refractivity contribution in [1.29, 1.82) is 0 Å². The molecule has 0 spiro atoms. The molecule has 0 rings (SSSR count). The number of hydrogen-bond acceptors (Lipinski definition) is 3. The summed E-state index contributed by atoms with van der Waals surface area (Å²) in [5.41, 5.74) is 0. The average molecular weight is 210 g/mol. The van der Waals surface area contributed by atoms with Gasteiger partial charge in [-0.3, -0.25) is 4.57 Å². The van der Waals surface area contributed by atoms with Gasteiger partial charge in [0.25, 0.3) is 0 Å². The molecule has 5 heteroatoms. The van der Waals surface area contributed by atoms with Crippen LogP contribution in [0.15, 0.2) is 0 Å². The topological polar surface area (TPSA) is 55.8 Å². The van der Waals surface area contributed by atoms with Gasteiger partial charge in [0.05, 0.1) is 12.7 Å². The Balaban J connectivity index is 4.05. The van der Waals surface area contributed by atoms with E-state index in [9.17, 15) is 4.57 Å². The Morgan fingerprint density at radius 1 is 1.54 bits per heavy atom. The van der Waals surface area contributed by atoms with Crippen LogP contribution in [0.5, 0.6) is 0 Å². The Hall–Kier alpha value is 0.110. The van der Waals surface area contributed by atoms with Crippen molar-refractivity contribution in [3.63, 3.8) is 0 Å². The summed E-state index contributed by atoms with van der Waals surface area (Å²) in [6.45, 7) is 5.54. The summed E-state index contributed by atoms with van der Waals surface area (Å²) < 4.78 is 20.9. The first kappa shape index (κ1) is 13.1. The molecular formula is C8H19O4P. The third-order valence-electron chi connectivity index (χ3n) is 1.93. The number of methoxy groups -OCH3 is 1. The van der Waals surface area contributed by atoms with E-state index in [0.717, 1.165) is 6.42 Å². The molecule has 0 aromatic heterocycles. The fourth-order valence-electron chi connectivity index (χ4n) is 1.19. The van der Waals surface area contributed by atoms with Crippen LogP contribution in [0.25, 0.3) is 0 Å². The Kier molecular flexibility index (Phi) is 5.81. The highest BCUT2D eigenvalue weighted by molar-refractivity contribution is 7.51. The van der Waals surface area contributed by atoms with E-state index in [1.54, 1.807) is 14.0 Å². The van der Waals surface area contributed by atoms with Gasteiger partial charge in [-0.1, -0.05) is 6.92 Å². The lowest BCUT2D eigenvalue weighted by molar-refractivity contribution is 0.0653. The Labute approximate surface area is 79.8 Å². The molecule has 0 aliphatic rings. The second kappa shape index (κ2) is 5.76. The highest BCUT2D eigenvalue weighted by Crippen LogP contribution is 2.39. The summed E-state index contributed by atoms with van der Waals surface area (Å²) in [4.78, 5) is 8.99. The molecule has 0 saturated carbocycles. The molecule has 1 unspecified atom stereocenters.